The number of hydrogen-bond acceptors (Lipinski definition) is 1. The summed E-state index contributed by atoms with van der Waals surface area (Å²) >= 11 is 0. The molecule has 1 atom stereocenters. The minimum Gasteiger partial charge on any atom is -0.330 e. The molecule has 0 aliphatic carbocycles. The summed E-state index contributed by atoms with van der Waals surface area (Å²) in [6, 6.07) is 19.3. The number of benzene rings is 2. The molecule has 0 aromatic heterocycles. The fraction of sp³-hybridized carbons (Fsp3) is 0.333. The van der Waals surface area contributed by atoms with Gasteiger partial charge in [-0.2, -0.15) is 0 Å². The highest BCUT2D eigenvalue weighted by atomic mass is 14.5. The molecule has 1 unspecified atom stereocenters. The molecule has 2 aromatic rings. The summed E-state index contributed by atoms with van der Waals surface area (Å²) in [5.41, 5.74) is 9.85. The van der Waals surface area contributed by atoms with Crippen LogP contribution in [0.3, 0.4) is 0 Å². The number of hydrogen-bond donors (Lipinski definition) is 1. The second-order valence-electron chi connectivity index (χ2n) is 5.55. The van der Waals surface area contributed by atoms with Crippen molar-refractivity contribution >= 4 is 0 Å². The van der Waals surface area contributed by atoms with Crippen LogP contribution in [0.5, 0.6) is 0 Å². The molecule has 100 valence electrons. The quantitative estimate of drug-likeness (QED) is 0.837. The first-order valence-corrected chi connectivity index (χ1v) is 7.06. The maximum Gasteiger partial charge on any atom is -0.000813 e. The van der Waals surface area contributed by atoms with E-state index in [1.165, 1.54) is 16.7 Å². The standard InChI is InChI=1S/C18H23N/c1-14(2)11-18(13-19)17-10-6-9-16(12-17)15-7-4-3-5-8-15/h3-10,12,14,18H,11,13,19H2,1-2H3. The molecule has 2 N–H and O–H groups in total. The molecule has 0 saturated carbocycles. The van der Waals surface area contributed by atoms with Crippen LogP contribution < -0.4 is 5.73 Å². The van der Waals surface area contributed by atoms with Gasteiger partial charge in [0.1, 0.15) is 0 Å². The summed E-state index contributed by atoms with van der Waals surface area (Å²) in [4.78, 5) is 0. The van der Waals surface area contributed by atoms with Gasteiger partial charge in [-0.3, -0.25) is 0 Å². The van der Waals surface area contributed by atoms with Crippen LogP contribution in [0.2, 0.25) is 0 Å². The highest BCUT2D eigenvalue weighted by Crippen LogP contribution is 2.27. The van der Waals surface area contributed by atoms with Gasteiger partial charge in [-0.1, -0.05) is 68.4 Å². The van der Waals surface area contributed by atoms with Crippen molar-refractivity contribution in [3.8, 4) is 11.1 Å². The normalized spacial score (nSPS) is 12.6. The van der Waals surface area contributed by atoms with Crippen molar-refractivity contribution < 1.29 is 0 Å². The number of rotatable bonds is 5. The molecule has 0 heterocycles. The van der Waals surface area contributed by atoms with Crippen LogP contribution in [-0.4, -0.2) is 6.54 Å². The Morgan fingerprint density at radius 2 is 1.58 bits per heavy atom. The Morgan fingerprint density at radius 1 is 0.895 bits per heavy atom. The summed E-state index contributed by atoms with van der Waals surface area (Å²) in [6.45, 7) is 5.23. The van der Waals surface area contributed by atoms with Gasteiger partial charge in [0.2, 0.25) is 0 Å². The third-order valence-electron chi connectivity index (χ3n) is 3.51. The van der Waals surface area contributed by atoms with Gasteiger partial charge >= 0.3 is 0 Å². The first-order valence-electron chi connectivity index (χ1n) is 7.06. The first-order chi connectivity index (χ1) is 9.20. The number of nitrogens with two attached hydrogens (primary N) is 1. The van der Waals surface area contributed by atoms with Gasteiger partial charge in [-0.25, -0.2) is 0 Å². The van der Waals surface area contributed by atoms with Crippen molar-refractivity contribution in [3.63, 3.8) is 0 Å². The minimum atomic E-state index is 0.462. The highest BCUT2D eigenvalue weighted by Gasteiger charge is 2.12. The van der Waals surface area contributed by atoms with Crippen molar-refractivity contribution in [2.75, 3.05) is 6.54 Å². The van der Waals surface area contributed by atoms with E-state index in [9.17, 15) is 0 Å². The lowest BCUT2D eigenvalue weighted by Gasteiger charge is -2.18. The maximum absolute atomic E-state index is 5.94. The second-order valence-corrected chi connectivity index (χ2v) is 5.55. The maximum atomic E-state index is 5.94. The summed E-state index contributed by atoms with van der Waals surface area (Å²) in [5, 5.41) is 0. The molecular formula is C18H23N. The van der Waals surface area contributed by atoms with Crippen LogP contribution in [0.1, 0.15) is 31.7 Å². The largest absolute Gasteiger partial charge is 0.330 e. The Bertz CT molecular complexity index is 502. The van der Waals surface area contributed by atoms with E-state index >= 15 is 0 Å². The zero-order valence-corrected chi connectivity index (χ0v) is 11.8. The summed E-state index contributed by atoms with van der Waals surface area (Å²) in [6.07, 6.45) is 1.15. The predicted octanol–water partition coefficient (Wildman–Crippen LogP) is 4.44. The Hall–Kier alpha value is -1.60. The second kappa shape index (κ2) is 6.53. The minimum absolute atomic E-state index is 0.462. The molecule has 19 heavy (non-hydrogen) atoms. The molecule has 0 saturated heterocycles. The molecule has 0 amide bonds. The highest BCUT2D eigenvalue weighted by molar-refractivity contribution is 5.64. The fourth-order valence-electron chi connectivity index (χ4n) is 2.54. The molecular weight excluding hydrogens is 230 g/mol. The van der Waals surface area contributed by atoms with Crippen LogP contribution in [0.15, 0.2) is 54.6 Å². The lowest BCUT2D eigenvalue weighted by Crippen LogP contribution is -2.14. The third-order valence-corrected chi connectivity index (χ3v) is 3.51. The van der Waals surface area contributed by atoms with Crippen molar-refractivity contribution in [2.45, 2.75) is 26.2 Å². The average molecular weight is 253 g/mol. The smallest absolute Gasteiger partial charge is 0.000813 e. The van der Waals surface area contributed by atoms with Gasteiger partial charge in [-0.05, 0) is 41.5 Å². The van der Waals surface area contributed by atoms with E-state index in [2.05, 4.69) is 68.4 Å². The Morgan fingerprint density at radius 3 is 2.21 bits per heavy atom. The molecule has 2 aromatic carbocycles. The molecule has 0 aliphatic heterocycles. The zero-order valence-electron chi connectivity index (χ0n) is 11.8. The first kappa shape index (κ1) is 13.8. The Balaban J connectivity index is 2.28. The monoisotopic (exact) mass is 253 g/mol. The van der Waals surface area contributed by atoms with Gasteiger partial charge < -0.3 is 5.73 Å². The molecule has 0 spiro atoms. The SMILES string of the molecule is CC(C)CC(CN)c1cccc(-c2ccccc2)c1. The third kappa shape index (κ3) is 3.68. The van der Waals surface area contributed by atoms with E-state index in [-0.39, 0.29) is 0 Å². The predicted molar refractivity (Wildman–Crippen MR) is 83.1 cm³/mol. The topological polar surface area (TPSA) is 26.0 Å². The van der Waals surface area contributed by atoms with Crippen LogP contribution >= 0.6 is 0 Å². The van der Waals surface area contributed by atoms with Gasteiger partial charge in [0.15, 0.2) is 0 Å². The van der Waals surface area contributed by atoms with Gasteiger partial charge in [0.25, 0.3) is 0 Å². The summed E-state index contributed by atoms with van der Waals surface area (Å²) < 4.78 is 0. The van der Waals surface area contributed by atoms with E-state index in [1.807, 2.05) is 0 Å². The van der Waals surface area contributed by atoms with E-state index < -0.39 is 0 Å². The molecule has 0 bridgehead atoms. The van der Waals surface area contributed by atoms with Gasteiger partial charge in [0, 0.05) is 0 Å². The van der Waals surface area contributed by atoms with Crippen molar-refractivity contribution in [1.82, 2.24) is 0 Å². The van der Waals surface area contributed by atoms with Gasteiger partial charge in [-0.15, -0.1) is 0 Å². The molecule has 0 fully saturated rings. The summed E-state index contributed by atoms with van der Waals surface area (Å²) in [5.74, 6) is 1.14. The Labute approximate surface area is 116 Å². The fourth-order valence-corrected chi connectivity index (χ4v) is 2.54. The van der Waals surface area contributed by atoms with Crippen molar-refractivity contribution in [1.29, 1.82) is 0 Å². The molecule has 1 nitrogen and oxygen atoms in total. The average Bonchev–Trinajstić information content (AvgIpc) is 2.45. The van der Waals surface area contributed by atoms with Crippen LogP contribution in [-0.2, 0) is 0 Å². The molecule has 2 rings (SSSR count). The van der Waals surface area contributed by atoms with Crippen LogP contribution in [0, 0.1) is 5.92 Å². The van der Waals surface area contributed by atoms with Gasteiger partial charge in [0.05, 0.1) is 0 Å². The van der Waals surface area contributed by atoms with Crippen molar-refractivity contribution in [2.24, 2.45) is 11.7 Å². The summed E-state index contributed by atoms with van der Waals surface area (Å²) in [7, 11) is 0. The lowest BCUT2D eigenvalue weighted by molar-refractivity contribution is 0.504. The zero-order chi connectivity index (χ0) is 13.7. The van der Waals surface area contributed by atoms with E-state index in [1.54, 1.807) is 0 Å². The van der Waals surface area contributed by atoms with Crippen molar-refractivity contribution in [3.05, 3.63) is 60.2 Å². The molecule has 0 radical (unpaired) electrons. The van der Waals surface area contributed by atoms with E-state index in [4.69, 9.17) is 5.73 Å². The van der Waals surface area contributed by atoms with Crippen LogP contribution in [0.4, 0.5) is 0 Å². The molecule has 1 heteroatoms. The van der Waals surface area contributed by atoms with E-state index in [0.717, 1.165) is 13.0 Å². The lowest BCUT2D eigenvalue weighted by atomic mass is 9.89. The van der Waals surface area contributed by atoms with E-state index in [0.29, 0.717) is 11.8 Å². The van der Waals surface area contributed by atoms with Crippen LogP contribution in [0.25, 0.3) is 11.1 Å². The molecule has 0 aliphatic rings. The Kier molecular flexibility index (Phi) is 4.75.